The van der Waals surface area contributed by atoms with Crippen LogP contribution in [0.2, 0.25) is 0 Å². The lowest BCUT2D eigenvalue weighted by Crippen LogP contribution is -2.34. The maximum atomic E-state index is 12.7. The number of hydrogen-bond donors (Lipinski definition) is 0. The summed E-state index contributed by atoms with van der Waals surface area (Å²) in [5.74, 6) is 0.169. The molecule has 1 amide bonds. The van der Waals surface area contributed by atoms with E-state index < -0.39 is 6.17 Å². The van der Waals surface area contributed by atoms with E-state index in [4.69, 9.17) is 0 Å². The molecule has 0 spiro atoms. The monoisotopic (exact) mass is 171 g/mol. The lowest BCUT2D eigenvalue weighted by atomic mass is 10.1. The molecule has 0 bridgehead atoms. The van der Waals surface area contributed by atoms with Crippen LogP contribution in [0.4, 0.5) is 4.39 Å². The first-order valence-corrected chi connectivity index (χ1v) is 4.55. The summed E-state index contributed by atoms with van der Waals surface area (Å²) in [6.45, 7) is 2.92. The van der Waals surface area contributed by atoms with Gasteiger partial charge in [0.1, 0.15) is 6.17 Å². The molecule has 1 aliphatic carbocycles. The number of halogens is 1. The predicted octanol–water partition coefficient (Wildman–Crippen LogP) is 1.36. The van der Waals surface area contributed by atoms with E-state index in [9.17, 15) is 9.18 Å². The van der Waals surface area contributed by atoms with Crippen LogP contribution >= 0.6 is 0 Å². The fraction of sp³-hybridized carbons (Fsp3) is 0.889. The predicted molar refractivity (Wildman–Crippen MR) is 43.4 cm³/mol. The Morgan fingerprint density at radius 3 is 2.67 bits per heavy atom. The molecule has 1 heterocycles. The minimum Gasteiger partial charge on any atom is -0.339 e. The highest BCUT2D eigenvalue weighted by Gasteiger charge is 2.48. The molecule has 0 aromatic carbocycles. The Bertz CT molecular complexity index is 213. The van der Waals surface area contributed by atoms with Crippen molar-refractivity contribution in [2.45, 2.75) is 32.4 Å². The summed E-state index contributed by atoms with van der Waals surface area (Å²) >= 11 is 0. The molecule has 1 saturated heterocycles. The SMILES string of the molecule is CC1(C(=O)N2CCC(F)C2)CC1. The van der Waals surface area contributed by atoms with Crippen LogP contribution in [-0.4, -0.2) is 30.1 Å². The highest BCUT2D eigenvalue weighted by molar-refractivity contribution is 5.85. The van der Waals surface area contributed by atoms with Gasteiger partial charge >= 0.3 is 0 Å². The van der Waals surface area contributed by atoms with Gasteiger partial charge in [0.05, 0.1) is 6.54 Å². The molecule has 2 aliphatic rings. The van der Waals surface area contributed by atoms with E-state index in [0.29, 0.717) is 19.5 Å². The lowest BCUT2D eigenvalue weighted by Gasteiger charge is -2.19. The van der Waals surface area contributed by atoms with E-state index in [2.05, 4.69) is 0 Å². The first-order valence-electron chi connectivity index (χ1n) is 4.55. The molecule has 2 nitrogen and oxygen atoms in total. The molecule has 68 valence electrons. The van der Waals surface area contributed by atoms with E-state index in [-0.39, 0.29) is 11.3 Å². The van der Waals surface area contributed by atoms with E-state index in [0.717, 1.165) is 12.8 Å². The third-order valence-electron chi connectivity index (χ3n) is 2.93. The zero-order valence-corrected chi connectivity index (χ0v) is 7.35. The van der Waals surface area contributed by atoms with E-state index in [1.54, 1.807) is 4.90 Å². The number of carbonyl (C=O) groups excluding carboxylic acids is 1. The molecule has 2 rings (SSSR count). The van der Waals surface area contributed by atoms with Crippen molar-refractivity contribution in [3.05, 3.63) is 0 Å². The molecule has 3 heteroatoms. The van der Waals surface area contributed by atoms with Crippen molar-refractivity contribution in [1.29, 1.82) is 0 Å². The van der Waals surface area contributed by atoms with Crippen molar-refractivity contribution in [3.63, 3.8) is 0 Å². The zero-order chi connectivity index (χ0) is 8.77. The number of nitrogens with zero attached hydrogens (tertiary/aromatic N) is 1. The molecular weight excluding hydrogens is 157 g/mol. The van der Waals surface area contributed by atoms with Crippen LogP contribution < -0.4 is 0 Å². The molecule has 1 unspecified atom stereocenters. The third kappa shape index (κ3) is 1.21. The quantitative estimate of drug-likeness (QED) is 0.583. The van der Waals surface area contributed by atoms with Crippen LogP contribution in [0.1, 0.15) is 26.2 Å². The van der Waals surface area contributed by atoms with Crippen molar-refractivity contribution in [1.82, 2.24) is 4.90 Å². The standard InChI is InChI=1S/C9H14FNO/c1-9(3-4-9)8(12)11-5-2-7(10)6-11/h7H,2-6H2,1H3. The maximum absolute atomic E-state index is 12.7. The molecule has 1 aliphatic heterocycles. The first kappa shape index (κ1) is 8.02. The van der Waals surface area contributed by atoms with Crippen LogP contribution in [-0.2, 0) is 4.79 Å². The maximum Gasteiger partial charge on any atom is 0.228 e. The summed E-state index contributed by atoms with van der Waals surface area (Å²) < 4.78 is 12.7. The molecule has 12 heavy (non-hydrogen) atoms. The summed E-state index contributed by atoms with van der Waals surface area (Å²) in [6.07, 6.45) is 1.72. The molecular formula is C9H14FNO. The van der Waals surface area contributed by atoms with Crippen molar-refractivity contribution < 1.29 is 9.18 Å². The average Bonchev–Trinajstić information content (AvgIpc) is 2.62. The molecule has 1 saturated carbocycles. The van der Waals surface area contributed by atoms with Gasteiger partial charge < -0.3 is 4.90 Å². The fourth-order valence-corrected chi connectivity index (χ4v) is 1.69. The van der Waals surface area contributed by atoms with Crippen LogP contribution in [0.25, 0.3) is 0 Å². The second-order valence-corrected chi connectivity index (χ2v) is 4.20. The van der Waals surface area contributed by atoms with Gasteiger partial charge in [-0.15, -0.1) is 0 Å². The highest BCUT2D eigenvalue weighted by atomic mass is 19.1. The van der Waals surface area contributed by atoms with E-state index in [1.807, 2.05) is 6.92 Å². The summed E-state index contributed by atoms with van der Waals surface area (Å²) in [5, 5.41) is 0. The Labute approximate surface area is 71.7 Å². The second-order valence-electron chi connectivity index (χ2n) is 4.20. The zero-order valence-electron chi connectivity index (χ0n) is 7.35. The minimum atomic E-state index is -0.781. The number of carbonyl (C=O) groups is 1. The summed E-state index contributed by atoms with van der Waals surface area (Å²) in [6, 6.07) is 0. The fourth-order valence-electron chi connectivity index (χ4n) is 1.69. The minimum absolute atomic E-state index is 0.121. The van der Waals surface area contributed by atoms with Crippen molar-refractivity contribution >= 4 is 5.91 Å². The Hall–Kier alpha value is -0.600. The first-order chi connectivity index (χ1) is 5.62. The van der Waals surface area contributed by atoms with Gasteiger partial charge in [-0.05, 0) is 19.3 Å². The van der Waals surface area contributed by atoms with Gasteiger partial charge in [-0.3, -0.25) is 4.79 Å². The summed E-state index contributed by atoms with van der Waals surface area (Å²) in [5.41, 5.74) is -0.121. The average molecular weight is 171 g/mol. The van der Waals surface area contributed by atoms with Gasteiger partial charge in [-0.1, -0.05) is 6.92 Å². The highest BCUT2D eigenvalue weighted by Crippen LogP contribution is 2.46. The van der Waals surface area contributed by atoms with Gasteiger partial charge in [0.2, 0.25) is 5.91 Å². The van der Waals surface area contributed by atoms with Crippen LogP contribution in [0.5, 0.6) is 0 Å². The molecule has 2 fully saturated rings. The second kappa shape index (κ2) is 2.44. The topological polar surface area (TPSA) is 20.3 Å². The van der Waals surface area contributed by atoms with Crippen LogP contribution in [0.15, 0.2) is 0 Å². The molecule has 0 aromatic rings. The summed E-state index contributed by atoms with van der Waals surface area (Å²) in [4.78, 5) is 13.3. The Morgan fingerprint density at radius 2 is 2.25 bits per heavy atom. The van der Waals surface area contributed by atoms with Gasteiger partial charge in [0, 0.05) is 12.0 Å². The lowest BCUT2D eigenvalue weighted by molar-refractivity contribution is -0.135. The number of rotatable bonds is 1. The van der Waals surface area contributed by atoms with Gasteiger partial charge in [-0.25, -0.2) is 4.39 Å². The van der Waals surface area contributed by atoms with Crippen molar-refractivity contribution in [2.75, 3.05) is 13.1 Å². The third-order valence-corrected chi connectivity index (χ3v) is 2.93. The van der Waals surface area contributed by atoms with E-state index >= 15 is 0 Å². The Balaban J connectivity index is 1.97. The van der Waals surface area contributed by atoms with Gasteiger partial charge in [0.25, 0.3) is 0 Å². The number of likely N-dealkylation sites (tertiary alicyclic amines) is 1. The molecule has 0 radical (unpaired) electrons. The largest absolute Gasteiger partial charge is 0.339 e. The smallest absolute Gasteiger partial charge is 0.228 e. The van der Waals surface area contributed by atoms with Crippen molar-refractivity contribution in [3.8, 4) is 0 Å². The number of alkyl halides is 1. The molecule has 0 N–H and O–H groups in total. The van der Waals surface area contributed by atoms with Crippen LogP contribution in [0.3, 0.4) is 0 Å². The Kier molecular flexibility index (Phi) is 1.63. The molecule has 1 atom stereocenters. The normalized spacial score (nSPS) is 32.2. The molecule has 0 aromatic heterocycles. The number of amides is 1. The van der Waals surface area contributed by atoms with E-state index in [1.165, 1.54) is 0 Å². The van der Waals surface area contributed by atoms with Gasteiger partial charge in [0.15, 0.2) is 0 Å². The Morgan fingerprint density at radius 1 is 1.58 bits per heavy atom. The number of hydrogen-bond acceptors (Lipinski definition) is 1. The van der Waals surface area contributed by atoms with Gasteiger partial charge in [-0.2, -0.15) is 0 Å². The van der Waals surface area contributed by atoms with Crippen molar-refractivity contribution in [2.24, 2.45) is 5.41 Å². The summed E-state index contributed by atoms with van der Waals surface area (Å²) in [7, 11) is 0. The van der Waals surface area contributed by atoms with Crippen LogP contribution in [0, 0.1) is 5.41 Å².